The van der Waals surface area contributed by atoms with Crippen molar-refractivity contribution >= 4 is 39.2 Å². The van der Waals surface area contributed by atoms with Crippen molar-refractivity contribution in [2.24, 2.45) is 10.9 Å². The number of amidine groups is 1. The highest BCUT2D eigenvalue weighted by atomic mass is 15.2. The van der Waals surface area contributed by atoms with Crippen LogP contribution in [-0.2, 0) is 5.41 Å². The summed E-state index contributed by atoms with van der Waals surface area (Å²) in [7, 11) is 0. The number of nitrogens with zero attached hydrogens (tertiary/aromatic N) is 2. The van der Waals surface area contributed by atoms with Crippen LogP contribution in [0, 0.1) is 5.92 Å². The third-order valence-corrected chi connectivity index (χ3v) is 11.1. The molecule has 0 radical (unpaired) electrons. The Balaban J connectivity index is 1.27. The average Bonchev–Trinajstić information content (AvgIpc) is 3.11. The van der Waals surface area contributed by atoms with E-state index in [0.29, 0.717) is 5.92 Å². The second kappa shape index (κ2) is 9.64. The molecule has 2 bridgehead atoms. The van der Waals surface area contributed by atoms with Gasteiger partial charge in [0, 0.05) is 22.8 Å². The Labute approximate surface area is 270 Å². The molecule has 6 aromatic carbocycles. The zero-order valence-electron chi connectivity index (χ0n) is 25.9. The third-order valence-electron chi connectivity index (χ3n) is 11.1. The van der Waals surface area contributed by atoms with Gasteiger partial charge >= 0.3 is 0 Å². The normalized spacial score (nSPS) is 23.2. The standard InChI is InChI=1S/C44H34N2/c1-28-22-23-32(29-12-3-2-4-13-29)35-17-8-10-20-39(35)45-43(28)46-40-21-11-18-36-33-24-25-44(42(36)40,37-19-9-7-16-34(33)37)38-26-30-14-5-6-15-31(30)27-41(38)46/h2-21,23,26-28,33H,22,24-25H2,1H3/b32-23+,45-43?. The molecule has 6 aromatic rings. The van der Waals surface area contributed by atoms with E-state index in [-0.39, 0.29) is 11.3 Å². The first kappa shape index (κ1) is 26.1. The summed E-state index contributed by atoms with van der Waals surface area (Å²) in [6.07, 6.45) is 5.66. The molecule has 3 aliphatic carbocycles. The Hall–Kier alpha value is -5.21. The van der Waals surface area contributed by atoms with Crippen LogP contribution in [0.4, 0.5) is 17.1 Å². The second-order valence-electron chi connectivity index (χ2n) is 13.5. The van der Waals surface area contributed by atoms with Gasteiger partial charge in [-0.1, -0.05) is 122 Å². The first-order valence-electron chi connectivity index (χ1n) is 16.7. The van der Waals surface area contributed by atoms with Crippen LogP contribution in [0.15, 0.2) is 145 Å². The molecule has 0 aromatic heterocycles. The predicted molar refractivity (Wildman–Crippen MR) is 191 cm³/mol. The molecule has 11 rings (SSSR count). The van der Waals surface area contributed by atoms with E-state index in [1.807, 2.05) is 0 Å². The van der Waals surface area contributed by atoms with Gasteiger partial charge in [0.25, 0.3) is 0 Å². The van der Waals surface area contributed by atoms with Crippen LogP contribution in [-0.4, -0.2) is 5.84 Å². The number of hydrogen-bond acceptors (Lipinski definition) is 2. The molecule has 2 nitrogen and oxygen atoms in total. The lowest BCUT2D eigenvalue weighted by Gasteiger charge is -2.55. The first-order valence-corrected chi connectivity index (χ1v) is 16.7. The molecular weight excluding hydrogens is 556 g/mol. The number of hydrogen-bond donors (Lipinski definition) is 0. The predicted octanol–water partition coefficient (Wildman–Crippen LogP) is 11.1. The molecule has 0 fully saturated rings. The van der Waals surface area contributed by atoms with Crippen molar-refractivity contribution in [3.63, 3.8) is 0 Å². The highest BCUT2D eigenvalue weighted by Crippen LogP contribution is 2.65. The number of benzene rings is 6. The van der Waals surface area contributed by atoms with E-state index in [0.717, 1.165) is 24.4 Å². The van der Waals surface area contributed by atoms with Gasteiger partial charge < -0.3 is 0 Å². The highest BCUT2D eigenvalue weighted by molar-refractivity contribution is 6.12. The van der Waals surface area contributed by atoms with E-state index in [1.54, 1.807) is 0 Å². The van der Waals surface area contributed by atoms with Crippen LogP contribution in [0.3, 0.4) is 0 Å². The molecule has 0 N–H and O–H groups in total. The SMILES string of the molecule is CC1C/C=C(\c2ccccc2)c2ccccc2N=C1N1c2cc3ccccc3cc2C23CCC(c4ccccc42)c2cccc1c23. The highest BCUT2D eigenvalue weighted by Gasteiger charge is 2.54. The zero-order chi connectivity index (χ0) is 30.4. The molecule has 3 atom stereocenters. The molecule has 2 heteroatoms. The van der Waals surface area contributed by atoms with Crippen LogP contribution in [0.1, 0.15) is 71.0 Å². The average molecular weight is 591 g/mol. The topological polar surface area (TPSA) is 15.6 Å². The number of rotatable bonds is 1. The monoisotopic (exact) mass is 590 g/mol. The van der Waals surface area contributed by atoms with Crippen LogP contribution >= 0.6 is 0 Å². The summed E-state index contributed by atoms with van der Waals surface area (Å²) in [6.45, 7) is 2.35. The van der Waals surface area contributed by atoms with E-state index >= 15 is 0 Å². The summed E-state index contributed by atoms with van der Waals surface area (Å²) in [6, 6.07) is 49.7. The minimum Gasteiger partial charge on any atom is -0.298 e. The first-order chi connectivity index (χ1) is 22.7. The van der Waals surface area contributed by atoms with Crippen LogP contribution < -0.4 is 4.90 Å². The minimum absolute atomic E-state index is 0.170. The number of anilines is 2. The van der Waals surface area contributed by atoms with Gasteiger partial charge in [-0.25, -0.2) is 4.99 Å². The Kier molecular flexibility index (Phi) is 5.46. The number of allylic oxidation sites excluding steroid dienone is 1. The Morgan fingerprint density at radius 2 is 1.41 bits per heavy atom. The largest absolute Gasteiger partial charge is 0.298 e. The summed E-state index contributed by atoms with van der Waals surface area (Å²) in [5, 5.41) is 2.57. The fraction of sp³-hybridized carbons (Fsp3) is 0.159. The van der Waals surface area contributed by atoms with E-state index in [4.69, 9.17) is 4.99 Å². The van der Waals surface area contributed by atoms with E-state index in [9.17, 15) is 0 Å². The van der Waals surface area contributed by atoms with Gasteiger partial charge in [-0.15, -0.1) is 0 Å². The van der Waals surface area contributed by atoms with Gasteiger partial charge in [0.2, 0.25) is 0 Å². The molecule has 1 spiro atoms. The molecule has 3 unspecified atom stereocenters. The molecule has 46 heavy (non-hydrogen) atoms. The maximum absolute atomic E-state index is 5.66. The van der Waals surface area contributed by atoms with Crippen molar-refractivity contribution in [2.75, 3.05) is 4.90 Å². The van der Waals surface area contributed by atoms with Gasteiger partial charge in [0.15, 0.2) is 0 Å². The Bertz CT molecular complexity index is 2280. The van der Waals surface area contributed by atoms with Crippen molar-refractivity contribution in [2.45, 2.75) is 37.5 Å². The van der Waals surface area contributed by atoms with Gasteiger partial charge in [-0.2, -0.15) is 0 Å². The van der Waals surface area contributed by atoms with Crippen molar-refractivity contribution in [3.8, 4) is 0 Å². The van der Waals surface area contributed by atoms with E-state index in [2.05, 4.69) is 151 Å². The van der Waals surface area contributed by atoms with E-state index in [1.165, 1.54) is 73.1 Å². The summed E-state index contributed by atoms with van der Waals surface area (Å²) in [4.78, 5) is 8.22. The van der Waals surface area contributed by atoms with Gasteiger partial charge in [0.1, 0.15) is 5.84 Å². The molecular formula is C44H34N2. The molecule has 0 saturated heterocycles. The van der Waals surface area contributed by atoms with Crippen molar-refractivity contribution < 1.29 is 0 Å². The van der Waals surface area contributed by atoms with Crippen LogP contribution in [0.25, 0.3) is 16.3 Å². The summed E-state index contributed by atoms with van der Waals surface area (Å²) >= 11 is 0. The van der Waals surface area contributed by atoms with Gasteiger partial charge in [-0.3, -0.25) is 4.90 Å². The lowest BCUT2D eigenvalue weighted by atomic mass is 9.51. The second-order valence-corrected chi connectivity index (χ2v) is 13.5. The van der Waals surface area contributed by atoms with Crippen molar-refractivity contribution in [3.05, 3.63) is 178 Å². The third kappa shape index (κ3) is 3.45. The van der Waals surface area contributed by atoms with E-state index < -0.39 is 0 Å². The molecule has 0 saturated carbocycles. The smallest absolute Gasteiger partial charge is 0.117 e. The Morgan fingerprint density at radius 3 is 2.30 bits per heavy atom. The van der Waals surface area contributed by atoms with Crippen molar-refractivity contribution in [1.29, 1.82) is 0 Å². The summed E-state index contributed by atoms with van der Waals surface area (Å²) in [5.74, 6) is 1.75. The lowest BCUT2D eigenvalue weighted by Crippen LogP contribution is -2.47. The molecule has 2 heterocycles. The summed E-state index contributed by atoms with van der Waals surface area (Å²) in [5.41, 5.74) is 14.5. The summed E-state index contributed by atoms with van der Waals surface area (Å²) < 4.78 is 0. The lowest BCUT2D eigenvalue weighted by molar-refractivity contribution is 0.426. The fourth-order valence-electron chi connectivity index (χ4n) is 9.17. The van der Waals surface area contributed by atoms with Crippen molar-refractivity contribution in [1.82, 2.24) is 0 Å². The quantitative estimate of drug-likeness (QED) is 0.186. The Morgan fingerprint density at radius 1 is 0.674 bits per heavy atom. The number of para-hydroxylation sites is 1. The zero-order valence-corrected chi connectivity index (χ0v) is 25.9. The van der Waals surface area contributed by atoms with Gasteiger partial charge in [0.05, 0.1) is 17.1 Å². The molecule has 220 valence electrons. The van der Waals surface area contributed by atoms with Crippen LogP contribution in [0.5, 0.6) is 0 Å². The number of fused-ring (bicyclic) bond motifs is 4. The molecule has 5 aliphatic rings. The molecule has 0 amide bonds. The maximum atomic E-state index is 5.66. The fourth-order valence-corrected chi connectivity index (χ4v) is 9.17. The minimum atomic E-state index is -0.170. The van der Waals surface area contributed by atoms with Gasteiger partial charge in [-0.05, 0) is 93.3 Å². The van der Waals surface area contributed by atoms with Crippen LogP contribution in [0.2, 0.25) is 0 Å². The maximum Gasteiger partial charge on any atom is 0.117 e. The number of aliphatic imine (C=N–C) groups is 1. The molecule has 2 aliphatic heterocycles.